The van der Waals surface area contributed by atoms with E-state index in [-0.39, 0.29) is 29.6 Å². The lowest BCUT2D eigenvalue weighted by atomic mass is 10.1. The van der Waals surface area contributed by atoms with Crippen LogP contribution in [0.4, 0.5) is 17.1 Å². The molecule has 1 N–H and O–H groups in total. The van der Waals surface area contributed by atoms with Gasteiger partial charge in [0.15, 0.2) is 0 Å². The Bertz CT molecular complexity index is 898. The Labute approximate surface area is 161 Å². The zero-order valence-corrected chi connectivity index (χ0v) is 15.4. The maximum absolute atomic E-state index is 12.1. The molecule has 1 atom stereocenters. The van der Waals surface area contributed by atoms with Gasteiger partial charge < -0.3 is 5.32 Å². The quantitative estimate of drug-likeness (QED) is 0.462. The lowest BCUT2D eigenvalue weighted by Crippen LogP contribution is -2.30. The Morgan fingerprint density at radius 2 is 1.93 bits per heavy atom. The van der Waals surface area contributed by atoms with Gasteiger partial charge >= 0.3 is 0 Å². The molecule has 1 saturated heterocycles. The molecule has 2 aromatic rings. The van der Waals surface area contributed by atoms with Gasteiger partial charge in [0.25, 0.3) is 5.69 Å². The van der Waals surface area contributed by atoms with Gasteiger partial charge in [-0.1, -0.05) is 30.7 Å². The molecule has 3 rings (SSSR count). The molecule has 27 heavy (non-hydrogen) atoms. The number of rotatable bonds is 6. The summed E-state index contributed by atoms with van der Waals surface area (Å²) in [5, 5.41) is 15.1. The van der Waals surface area contributed by atoms with Gasteiger partial charge in [0.1, 0.15) is 5.69 Å². The highest BCUT2D eigenvalue weighted by molar-refractivity contribution is 6.30. The van der Waals surface area contributed by atoms with Crippen LogP contribution in [-0.2, 0) is 16.0 Å². The van der Waals surface area contributed by atoms with Crippen molar-refractivity contribution >= 4 is 40.5 Å². The molecule has 1 aliphatic rings. The molecule has 0 bridgehead atoms. The van der Waals surface area contributed by atoms with Crippen LogP contribution in [-0.4, -0.2) is 23.3 Å². The standard InChI is InChI=1S/C19H18ClN3O4/c1-12-10-18(24)22(19(12)25)15-6-7-16(17(11-15)23(26)27)21-9-8-13-2-4-14(20)5-3-13/h2-7,11-12,21H,8-10H2,1H3/t12-/m0/s1. The fourth-order valence-corrected chi connectivity index (χ4v) is 3.13. The highest BCUT2D eigenvalue weighted by Gasteiger charge is 2.37. The molecule has 0 spiro atoms. The molecule has 1 fully saturated rings. The largest absolute Gasteiger partial charge is 0.379 e. The number of benzene rings is 2. The zero-order valence-electron chi connectivity index (χ0n) is 14.6. The number of anilines is 2. The fraction of sp³-hybridized carbons (Fsp3) is 0.263. The molecular formula is C19H18ClN3O4. The van der Waals surface area contributed by atoms with Crippen molar-refractivity contribution in [1.82, 2.24) is 0 Å². The van der Waals surface area contributed by atoms with Gasteiger partial charge in [-0.25, -0.2) is 0 Å². The first-order valence-electron chi connectivity index (χ1n) is 8.50. The van der Waals surface area contributed by atoms with Crippen molar-refractivity contribution in [3.8, 4) is 0 Å². The van der Waals surface area contributed by atoms with Crippen LogP contribution in [0.3, 0.4) is 0 Å². The summed E-state index contributed by atoms with van der Waals surface area (Å²) in [4.78, 5) is 36.1. The number of nitrogens with one attached hydrogen (secondary N) is 1. The Morgan fingerprint density at radius 1 is 1.22 bits per heavy atom. The second kappa shape index (κ2) is 7.75. The summed E-state index contributed by atoms with van der Waals surface area (Å²) >= 11 is 5.85. The van der Waals surface area contributed by atoms with Crippen molar-refractivity contribution in [2.75, 3.05) is 16.8 Å². The van der Waals surface area contributed by atoms with E-state index in [1.807, 2.05) is 12.1 Å². The monoisotopic (exact) mass is 387 g/mol. The number of amides is 2. The number of nitrogens with zero attached hydrogens (tertiary/aromatic N) is 2. The van der Waals surface area contributed by atoms with Crippen LogP contribution >= 0.6 is 11.6 Å². The smallest absolute Gasteiger partial charge is 0.294 e. The highest BCUT2D eigenvalue weighted by Crippen LogP contribution is 2.33. The molecule has 7 nitrogen and oxygen atoms in total. The van der Waals surface area contributed by atoms with Gasteiger partial charge in [-0.05, 0) is 36.2 Å². The molecule has 0 saturated carbocycles. The summed E-state index contributed by atoms with van der Waals surface area (Å²) in [5.41, 5.74) is 1.44. The number of carbonyl (C=O) groups is 2. The summed E-state index contributed by atoms with van der Waals surface area (Å²) in [5.74, 6) is -1.09. The van der Waals surface area contributed by atoms with E-state index in [2.05, 4.69) is 5.32 Å². The Morgan fingerprint density at radius 3 is 2.52 bits per heavy atom. The number of carbonyl (C=O) groups excluding carboxylic acids is 2. The van der Waals surface area contributed by atoms with Crippen molar-refractivity contribution in [3.63, 3.8) is 0 Å². The minimum absolute atomic E-state index is 0.119. The van der Waals surface area contributed by atoms with Crippen LogP contribution in [0.1, 0.15) is 18.9 Å². The molecule has 140 valence electrons. The summed E-state index contributed by atoms with van der Waals surface area (Å²) < 4.78 is 0. The van der Waals surface area contributed by atoms with Crippen molar-refractivity contribution in [1.29, 1.82) is 0 Å². The van der Waals surface area contributed by atoms with Crippen LogP contribution in [0, 0.1) is 16.0 Å². The summed E-state index contributed by atoms with van der Waals surface area (Å²) in [6, 6.07) is 11.7. The lowest BCUT2D eigenvalue weighted by Gasteiger charge is -2.15. The molecule has 0 unspecified atom stereocenters. The van der Waals surface area contributed by atoms with Crippen LogP contribution in [0.15, 0.2) is 42.5 Å². The van der Waals surface area contributed by atoms with E-state index in [1.54, 1.807) is 25.1 Å². The summed E-state index contributed by atoms with van der Waals surface area (Å²) in [7, 11) is 0. The van der Waals surface area contributed by atoms with E-state index in [1.165, 1.54) is 12.1 Å². The SMILES string of the molecule is C[C@H]1CC(=O)N(c2ccc(NCCc3ccc(Cl)cc3)c([N+](=O)[O-])c2)C1=O. The Hall–Kier alpha value is -2.93. The number of imide groups is 1. The maximum atomic E-state index is 12.1. The molecule has 1 heterocycles. The van der Waals surface area contributed by atoms with Gasteiger partial charge in [0, 0.05) is 30.0 Å². The van der Waals surface area contributed by atoms with Crippen LogP contribution in [0.5, 0.6) is 0 Å². The fourth-order valence-electron chi connectivity index (χ4n) is 3.01. The van der Waals surface area contributed by atoms with Gasteiger partial charge in [-0.2, -0.15) is 0 Å². The number of hydrogen-bond acceptors (Lipinski definition) is 5. The van der Waals surface area contributed by atoms with E-state index in [9.17, 15) is 19.7 Å². The molecule has 8 heteroatoms. The van der Waals surface area contributed by atoms with Crippen LogP contribution < -0.4 is 10.2 Å². The number of nitro benzene ring substituents is 1. The molecule has 0 radical (unpaired) electrons. The topological polar surface area (TPSA) is 92.6 Å². The molecule has 0 aliphatic carbocycles. The second-order valence-electron chi connectivity index (χ2n) is 6.43. The first-order chi connectivity index (χ1) is 12.9. The van der Waals surface area contributed by atoms with Gasteiger partial charge in [0.2, 0.25) is 11.8 Å². The molecular weight excluding hydrogens is 370 g/mol. The zero-order chi connectivity index (χ0) is 19.6. The van der Waals surface area contributed by atoms with Crippen molar-refractivity contribution < 1.29 is 14.5 Å². The first-order valence-corrected chi connectivity index (χ1v) is 8.88. The molecule has 2 aromatic carbocycles. The third-order valence-electron chi connectivity index (χ3n) is 4.45. The van der Waals surface area contributed by atoms with Crippen molar-refractivity contribution in [3.05, 3.63) is 63.2 Å². The van der Waals surface area contributed by atoms with E-state index in [0.717, 1.165) is 10.5 Å². The normalized spacial score (nSPS) is 16.7. The predicted octanol–water partition coefficient (Wildman–Crippen LogP) is 3.80. The van der Waals surface area contributed by atoms with E-state index < -0.39 is 10.8 Å². The first kappa shape index (κ1) is 18.8. The molecule has 1 aliphatic heterocycles. The Kier molecular flexibility index (Phi) is 5.41. The summed E-state index contributed by atoms with van der Waals surface area (Å²) in [6.45, 7) is 2.15. The number of hydrogen-bond donors (Lipinski definition) is 1. The third kappa shape index (κ3) is 4.09. The van der Waals surface area contributed by atoms with Gasteiger partial charge in [-0.3, -0.25) is 24.6 Å². The summed E-state index contributed by atoms with van der Waals surface area (Å²) in [6.07, 6.45) is 0.782. The second-order valence-corrected chi connectivity index (χ2v) is 6.87. The van der Waals surface area contributed by atoms with E-state index in [4.69, 9.17) is 11.6 Å². The third-order valence-corrected chi connectivity index (χ3v) is 4.70. The molecule has 2 amide bonds. The van der Waals surface area contributed by atoms with Crippen molar-refractivity contribution in [2.24, 2.45) is 5.92 Å². The predicted molar refractivity (Wildman–Crippen MR) is 103 cm³/mol. The van der Waals surface area contributed by atoms with Gasteiger partial charge in [0.05, 0.1) is 10.6 Å². The molecule has 0 aromatic heterocycles. The average Bonchev–Trinajstić information content (AvgIpc) is 2.89. The maximum Gasteiger partial charge on any atom is 0.294 e. The van der Waals surface area contributed by atoms with Crippen molar-refractivity contribution in [2.45, 2.75) is 19.8 Å². The Balaban J connectivity index is 1.76. The highest BCUT2D eigenvalue weighted by atomic mass is 35.5. The average molecular weight is 388 g/mol. The van der Waals surface area contributed by atoms with Crippen LogP contribution in [0.25, 0.3) is 0 Å². The van der Waals surface area contributed by atoms with E-state index in [0.29, 0.717) is 23.7 Å². The number of nitro groups is 1. The van der Waals surface area contributed by atoms with E-state index >= 15 is 0 Å². The minimum Gasteiger partial charge on any atom is -0.379 e. The number of halogens is 1. The van der Waals surface area contributed by atoms with Gasteiger partial charge in [-0.15, -0.1) is 0 Å². The minimum atomic E-state index is -0.525. The lowest BCUT2D eigenvalue weighted by molar-refractivity contribution is -0.383. The van der Waals surface area contributed by atoms with Crippen LogP contribution in [0.2, 0.25) is 5.02 Å².